The molecule has 1 aromatic heterocycles. The molecule has 1 aromatic rings. The lowest BCUT2D eigenvalue weighted by Crippen LogP contribution is -2.22. The summed E-state index contributed by atoms with van der Waals surface area (Å²) in [7, 11) is 0. The highest BCUT2D eigenvalue weighted by atomic mass is 16.5. The summed E-state index contributed by atoms with van der Waals surface area (Å²) in [6, 6.07) is 3.35. The highest BCUT2D eigenvalue weighted by Crippen LogP contribution is 2.35. The summed E-state index contributed by atoms with van der Waals surface area (Å²) < 4.78 is 4.87. The molecule has 0 saturated heterocycles. The Morgan fingerprint density at radius 2 is 2.33 bits per heavy atom. The first kappa shape index (κ1) is 12.4. The summed E-state index contributed by atoms with van der Waals surface area (Å²) in [5.41, 5.74) is 0.125. The zero-order chi connectivity index (χ0) is 13.1. The maximum atomic E-state index is 11.8. The van der Waals surface area contributed by atoms with E-state index in [0.29, 0.717) is 5.92 Å². The van der Waals surface area contributed by atoms with Crippen LogP contribution < -0.4 is 5.56 Å². The number of carbonyl (C=O) groups is 1. The summed E-state index contributed by atoms with van der Waals surface area (Å²) in [5, 5.41) is 8.94. The largest absolute Gasteiger partial charge is 0.462 e. The van der Waals surface area contributed by atoms with Crippen molar-refractivity contribution in [1.82, 2.24) is 4.98 Å². The lowest BCUT2D eigenvalue weighted by molar-refractivity contribution is 0.0525. The number of aromatic amines is 1. The molecule has 1 N–H and O–H groups in total. The highest BCUT2D eigenvalue weighted by molar-refractivity contribution is 5.92. The summed E-state index contributed by atoms with van der Waals surface area (Å²) >= 11 is 0. The van der Waals surface area contributed by atoms with Gasteiger partial charge in [-0.1, -0.05) is 6.42 Å². The van der Waals surface area contributed by atoms with Gasteiger partial charge in [-0.15, -0.1) is 0 Å². The molecule has 1 saturated carbocycles. The van der Waals surface area contributed by atoms with Crippen molar-refractivity contribution >= 4 is 5.97 Å². The van der Waals surface area contributed by atoms with Gasteiger partial charge in [0.25, 0.3) is 5.56 Å². The van der Waals surface area contributed by atoms with Gasteiger partial charge in [0.2, 0.25) is 0 Å². The first-order valence-corrected chi connectivity index (χ1v) is 6.01. The fourth-order valence-corrected chi connectivity index (χ4v) is 2.00. The van der Waals surface area contributed by atoms with Crippen molar-refractivity contribution in [1.29, 1.82) is 5.26 Å². The van der Waals surface area contributed by atoms with Gasteiger partial charge in [0.05, 0.1) is 12.2 Å². The van der Waals surface area contributed by atoms with Crippen LogP contribution in [0.25, 0.3) is 0 Å². The monoisotopic (exact) mass is 246 g/mol. The lowest BCUT2D eigenvalue weighted by Gasteiger charge is -2.25. The number of hydrogen-bond donors (Lipinski definition) is 1. The normalized spacial score (nSPS) is 14.7. The quantitative estimate of drug-likeness (QED) is 0.822. The number of aromatic nitrogens is 1. The predicted molar refractivity (Wildman–Crippen MR) is 64.3 cm³/mol. The van der Waals surface area contributed by atoms with Gasteiger partial charge < -0.3 is 9.72 Å². The molecule has 0 bridgehead atoms. The molecule has 0 radical (unpaired) electrons. The van der Waals surface area contributed by atoms with Gasteiger partial charge in [-0.25, -0.2) is 4.79 Å². The second-order valence-corrected chi connectivity index (χ2v) is 4.30. The topological polar surface area (TPSA) is 83.0 Å². The van der Waals surface area contributed by atoms with Crippen LogP contribution in [0.4, 0.5) is 0 Å². The van der Waals surface area contributed by atoms with E-state index in [0.717, 1.165) is 25.0 Å². The van der Waals surface area contributed by atoms with Crippen molar-refractivity contribution in [2.45, 2.75) is 32.1 Å². The van der Waals surface area contributed by atoms with Crippen molar-refractivity contribution in [2.75, 3.05) is 6.61 Å². The van der Waals surface area contributed by atoms with E-state index in [1.165, 1.54) is 0 Å². The number of H-pyrrole nitrogens is 1. The number of rotatable bonds is 3. The van der Waals surface area contributed by atoms with E-state index in [1.807, 2.05) is 0 Å². The summed E-state index contributed by atoms with van der Waals surface area (Å²) in [5.74, 6) is -0.320. The van der Waals surface area contributed by atoms with Crippen LogP contribution in [0.1, 0.15) is 53.7 Å². The molecule has 2 rings (SSSR count). The fraction of sp³-hybridized carbons (Fsp3) is 0.462. The first-order valence-electron chi connectivity index (χ1n) is 6.01. The van der Waals surface area contributed by atoms with E-state index in [2.05, 4.69) is 4.98 Å². The summed E-state index contributed by atoms with van der Waals surface area (Å²) in [6.07, 6.45) is 3.13. The Hall–Kier alpha value is -2.09. The molecule has 94 valence electrons. The Balaban J connectivity index is 2.47. The molecule has 0 spiro atoms. The molecule has 5 nitrogen and oxygen atoms in total. The van der Waals surface area contributed by atoms with E-state index in [4.69, 9.17) is 10.00 Å². The molecule has 0 atom stereocenters. The van der Waals surface area contributed by atoms with Crippen LogP contribution in [-0.4, -0.2) is 17.6 Å². The van der Waals surface area contributed by atoms with Gasteiger partial charge in [0.15, 0.2) is 0 Å². The van der Waals surface area contributed by atoms with Gasteiger partial charge in [-0.3, -0.25) is 4.79 Å². The number of ether oxygens (including phenoxy) is 1. The van der Waals surface area contributed by atoms with Crippen LogP contribution in [0.15, 0.2) is 10.9 Å². The average Bonchev–Trinajstić information content (AvgIpc) is 2.26. The standard InChI is InChI=1S/C13H14N2O3/c1-2-18-13(17)9-6-11(8-4-3-5-8)15-12(16)10(9)7-14/h6,8H,2-5H2,1H3,(H,15,16). The second-order valence-electron chi connectivity index (χ2n) is 4.30. The third-order valence-electron chi connectivity index (χ3n) is 3.21. The molecule has 5 heteroatoms. The Kier molecular flexibility index (Phi) is 3.47. The Labute approximate surface area is 104 Å². The van der Waals surface area contributed by atoms with E-state index in [1.54, 1.807) is 19.1 Å². The van der Waals surface area contributed by atoms with Gasteiger partial charge in [-0.05, 0) is 31.7 Å². The van der Waals surface area contributed by atoms with E-state index in [-0.39, 0.29) is 17.7 Å². The molecular formula is C13H14N2O3. The number of carbonyl (C=O) groups excluding carboxylic acids is 1. The van der Waals surface area contributed by atoms with Crippen LogP contribution in [-0.2, 0) is 4.74 Å². The zero-order valence-corrected chi connectivity index (χ0v) is 10.2. The molecule has 0 aliphatic heterocycles. The lowest BCUT2D eigenvalue weighted by atomic mass is 9.82. The molecule has 1 heterocycles. The zero-order valence-electron chi connectivity index (χ0n) is 10.2. The summed E-state index contributed by atoms with van der Waals surface area (Å²) in [4.78, 5) is 26.2. The van der Waals surface area contributed by atoms with Crippen LogP contribution in [0.2, 0.25) is 0 Å². The minimum absolute atomic E-state index is 0.0741. The number of hydrogen-bond acceptors (Lipinski definition) is 4. The third-order valence-corrected chi connectivity index (χ3v) is 3.21. The smallest absolute Gasteiger partial charge is 0.339 e. The van der Waals surface area contributed by atoms with Crippen molar-refractivity contribution in [2.24, 2.45) is 0 Å². The Bertz CT molecular complexity index is 565. The fourth-order valence-electron chi connectivity index (χ4n) is 2.00. The Morgan fingerprint density at radius 3 is 2.83 bits per heavy atom. The molecule has 1 fully saturated rings. The van der Waals surface area contributed by atoms with Gasteiger partial charge in [-0.2, -0.15) is 5.26 Å². The minimum atomic E-state index is -0.610. The average molecular weight is 246 g/mol. The van der Waals surface area contributed by atoms with Crippen LogP contribution in [0, 0.1) is 11.3 Å². The minimum Gasteiger partial charge on any atom is -0.462 e. The molecule has 18 heavy (non-hydrogen) atoms. The van der Waals surface area contributed by atoms with E-state index >= 15 is 0 Å². The molecule has 1 aliphatic carbocycles. The molecule has 0 unspecified atom stereocenters. The van der Waals surface area contributed by atoms with Crippen molar-refractivity contribution in [3.05, 3.63) is 33.2 Å². The third kappa shape index (κ3) is 2.14. The van der Waals surface area contributed by atoms with Crippen molar-refractivity contribution in [3.8, 4) is 6.07 Å². The van der Waals surface area contributed by atoms with Crippen molar-refractivity contribution < 1.29 is 9.53 Å². The number of esters is 1. The molecule has 1 aliphatic rings. The Morgan fingerprint density at radius 1 is 1.61 bits per heavy atom. The highest BCUT2D eigenvalue weighted by Gasteiger charge is 2.24. The number of nitrogens with one attached hydrogen (secondary N) is 1. The van der Waals surface area contributed by atoms with Gasteiger partial charge in [0, 0.05) is 5.69 Å². The van der Waals surface area contributed by atoms with Crippen molar-refractivity contribution in [3.63, 3.8) is 0 Å². The molecule has 0 aromatic carbocycles. The van der Waals surface area contributed by atoms with Crippen LogP contribution in [0.5, 0.6) is 0 Å². The van der Waals surface area contributed by atoms with Crippen LogP contribution in [0.3, 0.4) is 0 Å². The maximum absolute atomic E-state index is 11.8. The van der Waals surface area contributed by atoms with Gasteiger partial charge >= 0.3 is 5.97 Å². The second kappa shape index (κ2) is 5.05. The SMILES string of the molecule is CCOC(=O)c1cc(C2CCC2)[nH]c(=O)c1C#N. The number of nitriles is 1. The first-order chi connectivity index (χ1) is 8.67. The molecule has 0 amide bonds. The maximum Gasteiger partial charge on any atom is 0.339 e. The van der Waals surface area contributed by atoms with E-state index < -0.39 is 11.5 Å². The number of nitrogens with zero attached hydrogens (tertiary/aromatic N) is 1. The van der Waals surface area contributed by atoms with Gasteiger partial charge in [0.1, 0.15) is 11.6 Å². The summed E-state index contributed by atoms with van der Waals surface area (Å²) in [6.45, 7) is 1.90. The van der Waals surface area contributed by atoms with Crippen LogP contribution >= 0.6 is 0 Å². The van der Waals surface area contributed by atoms with E-state index in [9.17, 15) is 9.59 Å². The molecular weight excluding hydrogens is 232 g/mol. The number of pyridine rings is 1. The predicted octanol–water partition coefficient (Wildman–Crippen LogP) is 1.69.